The highest BCUT2D eigenvalue weighted by Crippen LogP contribution is 2.42. The minimum absolute atomic E-state index is 0.0957. The Morgan fingerprint density at radius 2 is 2.08 bits per heavy atom. The van der Waals surface area contributed by atoms with Crippen LogP contribution in [0, 0.1) is 5.92 Å². The molecule has 0 fully saturated rings. The Morgan fingerprint density at radius 1 is 1.27 bits per heavy atom. The molecule has 1 aliphatic heterocycles. The molecule has 0 saturated carbocycles. The number of hydrogen-bond donors (Lipinski definition) is 0. The van der Waals surface area contributed by atoms with Crippen molar-refractivity contribution >= 4 is 23.2 Å². The van der Waals surface area contributed by atoms with Crippen LogP contribution in [-0.2, 0) is 15.9 Å². The lowest BCUT2D eigenvalue weighted by molar-refractivity contribution is -0.0248. The van der Waals surface area contributed by atoms with Gasteiger partial charge in [-0.2, -0.15) is 0 Å². The lowest BCUT2D eigenvalue weighted by atomic mass is 9.91. The number of ether oxygens (including phenoxy) is 4. The molecular formula is C20H30Cl2O4. The van der Waals surface area contributed by atoms with Crippen LogP contribution in [0.5, 0.6) is 11.5 Å². The molecule has 0 aliphatic carbocycles. The van der Waals surface area contributed by atoms with E-state index in [0.29, 0.717) is 37.2 Å². The predicted molar refractivity (Wildman–Crippen MR) is 106 cm³/mol. The molecule has 3 atom stereocenters. The molecule has 3 unspecified atom stereocenters. The maximum Gasteiger partial charge on any atom is 0.166 e. The van der Waals surface area contributed by atoms with E-state index in [-0.39, 0.29) is 17.4 Å². The third kappa shape index (κ3) is 5.41. The van der Waals surface area contributed by atoms with Crippen molar-refractivity contribution < 1.29 is 18.9 Å². The van der Waals surface area contributed by atoms with Gasteiger partial charge in [0.15, 0.2) is 11.5 Å². The summed E-state index contributed by atoms with van der Waals surface area (Å²) in [6, 6.07) is 4.04. The summed E-state index contributed by atoms with van der Waals surface area (Å²) in [5, 5.41) is 0.0957. The lowest BCUT2D eigenvalue weighted by Crippen LogP contribution is -2.22. The number of methoxy groups -OCH3 is 2. The standard InChI is InChI=1S/C20H30Cl2O4/c1-4-5-6-16(22)15-11-14-7-8-17(23-2)20(24-3)19(14)18(26-12-15)13-25-10-9-21/h7-8,15-16,18H,4-6,9-13H2,1-3H3. The highest BCUT2D eigenvalue weighted by Gasteiger charge is 2.32. The summed E-state index contributed by atoms with van der Waals surface area (Å²) in [4.78, 5) is 0. The SMILES string of the molecule is CCCCC(Cl)C1COC(COCCCl)c2c(ccc(OC)c2OC)C1. The summed E-state index contributed by atoms with van der Waals surface area (Å²) < 4.78 is 23.1. The van der Waals surface area contributed by atoms with E-state index in [2.05, 4.69) is 13.0 Å². The summed E-state index contributed by atoms with van der Waals surface area (Å²) in [7, 11) is 3.30. The zero-order valence-electron chi connectivity index (χ0n) is 15.9. The van der Waals surface area contributed by atoms with Crippen LogP contribution in [0.1, 0.15) is 43.4 Å². The van der Waals surface area contributed by atoms with Gasteiger partial charge in [-0.3, -0.25) is 0 Å². The summed E-state index contributed by atoms with van der Waals surface area (Å²) >= 11 is 12.4. The van der Waals surface area contributed by atoms with Crippen LogP contribution >= 0.6 is 23.2 Å². The fourth-order valence-corrected chi connectivity index (χ4v) is 3.86. The topological polar surface area (TPSA) is 36.9 Å². The second kappa shape index (κ2) is 11.2. The largest absolute Gasteiger partial charge is 0.493 e. The molecule has 1 heterocycles. The van der Waals surface area contributed by atoms with Crippen LogP contribution < -0.4 is 9.47 Å². The molecule has 0 amide bonds. The molecule has 0 N–H and O–H groups in total. The number of unbranched alkanes of at least 4 members (excludes halogenated alkanes) is 1. The van der Waals surface area contributed by atoms with Crippen molar-refractivity contribution in [1.82, 2.24) is 0 Å². The number of rotatable bonds is 10. The van der Waals surface area contributed by atoms with Crippen LogP contribution in [-0.4, -0.2) is 45.3 Å². The zero-order chi connectivity index (χ0) is 18.9. The number of fused-ring (bicyclic) bond motifs is 1. The van der Waals surface area contributed by atoms with Crippen molar-refractivity contribution in [2.45, 2.75) is 44.1 Å². The van der Waals surface area contributed by atoms with Crippen LogP contribution in [0.15, 0.2) is 12.1 Å². The van der Waals surface area contributed by atoms with Crippen molar-refractivity contribution in [2.24, 2.45) is 5.92 Å². The molecule has 0 spiro atoms. The van der Waals surface area contributed by atoms with E-state index >= 15 is 0 Å². The Balaban J connectivity index is 2.31. The average molecular weight is 405 g/mol. The Kier molecular flexibility index (Phi) is 9.34. The maximum atomic E-state index is 6.70. The van der Waals surface area contributed by atoms with Gasteiger partial charge >= 0.3 is 0 Å². The van der Waals surface area contributed by atoms with E-state index in [0.717, 1.165) is 31.2 Å². The number of benzene rings is 1. The fourth-order valence-electron chi connectivity index (χ4n) is 3.43. The molecule has 1 aromatic rings. The van der Waals surface area contributed by atoms with Gasteiger partial charge < -0.3 is 18.9 Å². The van der Waals surface area contributed by atoms with Crippen LogP contribution in [0.4, 0.5) is 0 Å². The highest BCUT2D eigenvalue weighted by atomic mass is 35.5. The monoisotopic (exact) mass is 404 g/mol. The normalized spacial score (nSPS) is 21.0. The average Bonchev–Trinajstić information content (AvgIpc) is 2.85. The zero-order valence-corrected chi connectivity index (χ0v) is 17.4. The van der Waals surface area contributed by atoms with Crippen molar-refractivity contribution in [3.8, 4) is 11.5 Å². The fraction of sp³-hybridized carbons (Fsp3) is 0.700. The number of alkyl halides is 2. The van der Waals surface area contributed by atoms with Gasteiger partial charge in [0.1, 0.15) is 6.10 Å². The summed E-state index contributed by atoms with van der Waals surface area (Å²) in [6.07, 6.45) is 3.92. The first kappa shape index (κ1) is 21.6. The molecule has 0 saturated heterocycles. The molecule has 2 rings (SSSR count). The summed E-state index contributed by atoms with van der Waals surface area (Å²) in [6.45, 7) is 3.70. The Hall–Kier alpha value is -0.680. The van der Waals surface area contributed by atoms with Gasteiger partial charge in [0.2, 0.25) is 0 Å². The molecule has 4 nitrogen and oxygen atoms in total. The molecule has 0 bridgehead atoms. The molecule has 1 aliphatic rings. The Morgan fingerprint density at radius 3 is 2.73 bits per heavy atom. The Labute approximate surface area is 167 Å². The molecule has 1 aromatic carbocycles. The smallest absolute Gasteiger partial charge is 0.166 e. The van der Waals surface area contributed by atoms with E-state index in [1.54, 1.807) is 14.2 Å². The van der Waals surface area contributed by atoms with E-state index in [4.69, 9.17) is 42.1 Å². The lowest BCUT2D eigenvalue weighted by Gasteiger charge is -2.22. The van der Waals surface area contributed by atoms with E-state index in [9.17, 15) is 0 Å². The first-order valence-electron chi connectivity index (χ1n) is 9.29. The van der Waals surface area contributed by atoms with Gasteiger partial charge in [-0.05, 0) is 24.5 Å². The van der Waals surface area contributed by atoms with Crippen molar-refractivity contribution in [3.05, 3.63) is 23.3 Å². The van der Waals surface area contributed by atoms with E-state index in [1.807, 2.05) is 6.07 Å². The highest BCUT2D eigenvalue weighted by molar-refractivity contribution is 6.20. The molecule has 148 valence electrons. The van der Waals surface area contributed by atoms with Crippen LogP contribution in [0.3, 0.4) is 0 Å². The second-order valence-corrected chi connectivity index (χ2v) is 7.52. The maximum absolute atomic E-state index is 6.70. The minimum atomic E-state index is -0.224. The van der Waals surface area contributed by atoms with Gasteiger partial charge in [-0.1, -0.05) is 25.8 Å². The molecule has 26 heavy (non-hydrogen) atoms. The van der Waals surface area contributed by atoms with Crippen molar-refractivity contribution in [1.29, 1.82) is 0 Å². The van der Waals surface area contributed by atoms with Gasteiger partial charge in [0.05, 0.1) is 34.0 Å². The van der Waals surface area contributed by atoms with Gasteiger partial charge in [0, 0.05) is 22.7 Å². The van der Waals surface area contributed by atoms with Crippen LogP contribution in [0.2, 0.25) is 0 Å². The number of hydrogen-bond acceptors (Lipinski definition) is 4. The third-order valence-electron chi connectivity index (χ3n) is 4.83. The van der Waals surface area contributed by atoms with E-state index in [1.165, 1.54) is 5.56 Å². The third-order valence-corrected chi connectivity index (χ3v) is 5.55. The van der Waals surface area contributed by atoms with Crippen molar-refractivity contribution in [2.75, 3.05) is 39.9 Å². The molecular weight excluding hydrogens is 375 g/mol. The minimum Gasteiger partial charge on any atom is -0.493 e. The van der Waals surface area contributed by atoms with Gasteiger partial charge in [-0.25, -0.2) is 0 Å². The van der Waals surface area contributed by atoms with Gasteiger partial charge in [0.25, 0.3) is 0 Å². The Bertz CT molecular complexity index is 553. The van der Waals surface area contributed by atoms with E-state index < -0.39 is 0 Å². The summed E-state index contributed by atoms with van der Waals surface area (Å²) in [5.41, 5.74) is 2.19. The predicted octanol–water partition coefficient (Wildman–Crippen LogP) is 4.99. The van der Waals surface area contributed by atoms with Crippen LogP contribution in [0.25, 0.3) is 0 Å². The molecule has 0 radical (unpaired) electrons. The first-order valence-corrected chi connectivity index (χ1v) is 10.3. The quantitative estimate of drug-likeness (QED) is 0.406. The molecule has 0 aromatic heterocycles. The molecule has 6 heteroatoms. The second-order valence-electron chi connectivity index (χ2n) is 6.58. The van der Waals surface area contributed by atoms with Gasteiger partial charge in [-0.15, -0.1) is 23.2 Å². The number of halogens is 2. The summed E-state index contributed by atoms with van der Waals surface area (Å²) in [5.74, 6) is 2.13. The first-order chi connectivity index (χ1) is 12.7. The van der Waals surface area contributed by atoms with Crippen molar-refractivity contribution in [3.63, 3.8) is 0 Å².